The number of nitrogens with one attached hydrogen (secondary N) is 1. The molecule has 0 amide bonds. The zero-order chi connectivity index (χ0) is 14.8. The summed E-state index contributed by atoms with van der Waals surface area (Å²) in [4.78, 5) is 4.44. The third-order valence-corrected chi connectivity index (χ3v) is 4.18. The highest BCUT2D eigenvalue weighted by Gasteiger charge is 2.05. The first-order valence-corrected chi connectivity index (χ1v) is 7.43. The standard InChI is InChI=1S/C17H14Cl2N2/c1-11-4-7-16(13-3-2-8-20-17(11)13)21-10-12-5-6-14(18)15(19)9-12/h2-9,21H,10H2,1H3. The van der Waals surface area contributed by atoms with Gasteiger partial charge in [-0.2, -0.15) is 0 Å². The number of aromatic nitrogens is 1. The zero-order valence-corrected chi connectivity index (χ0v) is 13.0. The van der Waals surface area contributed by atoms with Gasteiger partial charge in [0.05, 0.1) is 15.6 Å². The van der Waals surface area contributed by atoms with Gasteiger partial charge in [-0.1, -0.05) is 35.3 Å². The number of pyridine rings is 1. The minimum atomic E-state index is 0.574. The van der Waals surface area contributed by atoms with Gasteiger partial charge in [-0.15, -0.1) is 0 Å². The minimum Gasteiger partial charge on any atom is -0.380 e. The van der Waals surface area contributed by atoms with Crippen LogP contribution in [-0.2, 0) is 6.54 Å². The normalized spacial score (nSPS) is 10.8. The van der Waals surface area contributed by atoms with Crippen LogP contribution < -0.4 is 5.32 Å². The molecule has 0 unspecified atom stereocenters. The molecule has 1 heterocycles. The molecule has 3 rings (SSSR count). The summed E-state index contributed by atoms with van der Waals surface area (Å²) in [5.41, 5.74) is 4.35. The topological polar surface area (TPSA) is 24.9 Å². The van der Waals surface area contributed by atoms with E-state index in [1.54, 1.807) is 0 Å². The molecule has 0 radical (unpaired) electrons. The SMILES string of the molecule is Cc1ccc(NCc2ccc(Cl)c(Cl)c2)c2cccnc12. The van der Waals surface area contributed by atoms with E-state index in [-0.39, 0.29) is 0 Å². The first-order chi connectivity index (χ1) is 10.1. The molecule has 2 nitrogen and oxygen atoms in total. The second-order valence-corrected chi connectivity index (χ2v) is 5.75. The van der Waals surface area contributed by atoms with Crippen LogP contribution in [0.2, 0.25) is 10.0 Å². The Morgan fingerprint density at radius 3 is 2.71 bits per heavy atom. The van der Waals surface area contributed by atoms with Crippen molar-refractivity contribution < 1.29 is 0 Å². The van der Waals surface area contributed by atoms with Crippen LogP contribution in [0.5, 0.6) is 0 Å². The van der Waals surface area contributed by atoms with Gasteiger partial charge in [0, 0.05) is 23.8 Å². The molecule has 0 atom stereocenters. The van der Waals surface area contributed by atoms with Crippen molar-refractivity contribution in [3.05, 3.63) is 69.8 Å². The van der Waals surface area contributed by atoms with Crippen LogP contribution in [0.4, 0.5) is 5.69 Å². The van der Waals surface area contributed by atoms with Crippen molar-refractivity contribution in [1.29, 1.82) is 0 Å². The summed E-state index contributed by atoms with van der Waals surface area (Å²) >= 11 is 12.0. The summed E-state index contributed by atoms with van der Waals surface area (Å²) in [6.07, 6.45) is 1.82. The van der Waals surface area contributed by atoms with Gasteiger partial charge < -0.3 is 5.32 Å². The van der Waals surface area contributed by atoms with E-state index in [9.17, 15) is 0 Å². The van der Waals surface area contributed by atoms with Gasteiger partial charge in [0.15, 0.2) is 0 Å². The van der Waals surface area contributed by atoms with Gasteiger partial charge in [-0.3, -0.25) is 4.98 Å². The Morgan fingerprint density at radius 1 is 1.05 bits per heavy atom. The predicted octanol–water partition coefficient (Wildman–Crippen LogP) is 5.46. The number of hydrogen-bond donors (Lipinski definition) is 1. The molecule has 0 aliphatic heterocycles. The minimum absolute atomic E-state index is 0.574. The predicted molar refractivity (Wildman–Crippen MR) is 90.3 cm³/mol. The van der Waals surface area contributed by atoms with E-state index < -0.39 is 0 Å². The molecule has 4 heteroatoms. The molecule has 0 spiro atoms. The molecule has 0 bridgehead atoms. The molecule has 21 heavy (non-hydrogen) atoms. The van der Waals surface area contributed by atoms with Crippen LogP contribution in [0, 0.1) is 6.92 Å². The Balaban J connectivity index is 1.88. The van der Waals surface area contributed by atoms with Gasteiger partial charge in [0.2, 0.25) is 0 Å². The Hall–Kier alpha value is -1.77. The number of hydrogen-bond acceptors (Lipinski definition) is 2. The van der Waals surface area contributed by atoms with E-state index in [0.717, 1.165) is 22.2 Å². The third kappa shape index (κ3) is 2.97. The van der Waals surface area contributed by atoms with Crippen molar-refractivity contribution in [2.45, 2.75) is 13.5 Å². The number of anilines is 1. The Kier molecular flexibility index (Phi) is 4.00. The number of rotatable bonds is 3. The average Bonchev–Trinajstić information content (AvgIpc) is 2.50. The number of aryl methyl sites for hydroxylation is 1. The van der Waals surface area contributed by atoms with Crippen LogP contribution in [0.1, 0.15) is 11.1 Å². The number of fused-ring (bicyclic) bond motifs is 1. The molecule has 0 aliphatic carbocycles. The molecule has 106 valence electrons. The molecule has 1 aromatic heterocycles. The molecular weight excluding hydrogens is 303 g/mol. The van der Waals surface area contributed by atoms with Crippen LogP contribution in [0.25, 0.3) is 10.9 Å². The van der Waals surface area contributed by atoms with Crippen LogP contribution in [0.3, 0.4) is 0 Å². The Labute approximate surface area is 133 Å². The molecule has 3 aromatic rings. The van der Waals surface area contributed by atoms with E-state index in [1.165, 1.54) is 5.56 Å². The summed E-state index contributed by atoms with van der Waals surface area (Å²) in [5.74, 6) is 0. The van der Waals surface area contributed by atoms with E-state index in [0.29, 0.717) is 16.6 Å². The summed E-state index contributed by atoms with van der Waals surface area (Å²) in [6, 6.07) is 13.8. The maximum atomic E-state index is 6.04. The van der Waals surface area contributed by atoms with E-state index in [2.05, 4.69) is 35.4 Å². The summed E-state index contributed by atoms with van der Waals surface area (Å²) in [7, 11) is 0. The molecule has 0 saturated carbocycles. The second kappa shape index (κ2) is 5.92. The van der Waals surface area contributed by atoms with Gasteiger partial charge in [0.1, 0.15) is 0 Å². The fraction of sp³-hybridized carbons (Fsp3) is 0.118. The number of benzene rings is 2. The number of nitrogens with zero attached hydrogens (tertiary/aromatic N) is 1. The van der Waals surface area contributed by atoms with E-state index in [1.807, 2.05) is 30.5 Å². The fourth-order valence-corrected chi connectivity index (χ4v) is 2.64. The zero-order valence-electron chi connectivity index (χ0n) is 11.5. The van der Waals surface area contributed by atoms with Crippen molar-refractivity contribution in [1.82, 2.24) is 4.98 Å². The Bertz CT molecular complexity index is 800. The van der Waals surface area contributed by atoms with Crippen molar-refractivity contribution >= 4 is 39.8 Å². The van der Waals surface area contributed by atoms with Gasteiger partial charge >= 0.3 is 0 Å². The molecule has 0 saturated heterocycles. The molecule has 0 aliphatic rings. The quantitative estimate of drug-likeness (QED) is 0.693. The van der Waals surface area contributed by atoms with Crippen molar-refractivity contribution in [3.63, 3.8) is 0 Å². The van der Waals surface area contributed by atoms with Crippen LogP contribution in [-0.4, -0.2) is 4.98 Å². The van der Waals surface area contributed by atoms with Crippen molar-refractivity contribution in [2.75, 3.05) is 5.32 Å². The van der Waals surface area contributed by atoms with E-state index in [4.69, 9.17) is 23.2 Å². The van der Waals surface area contributed by atoms with Crippen LogP contribution in [0.15, 0.2) is 48.7 Å². The van der Waals surface area contributed by atoms with Gasteiger partial charge in [-0.25, -0.2) is 0 Å². The maximum Gasteiger partial charge on any atom is 0.0751 e. The van der Waals surface area contributed by atoms with Gasteiger partial charge in [0.25, 0.3) is 0 Å². The smallest absolute Gasteiger partial charge is 0.0751 e. The monoisotopic (exact) mass is 316 g/mol. The lowest BCUT2D eigenvalue weighted by Crippen LogP contribution is -2.00. The highest BCUT2D eigenvalue weighted by Crippen LogP contribution is 2.26. The molecule has 2 aromatic carbocycles. The molecule has 1 N–H and O–H groups in total. The lowest BCUT2D eigenvalue weighted by Gasteiger charge is -2.11. The maximum absolute atomic E-state index is 6.04. The average molecular weight is 317 g/mol. The molecular formula is C17H14Cl2N2. The van der Waals surface area contributed by atoms with Crippen molar-refractivity contribution in [2.24, 2.45) is 0 Å². The Morgan fingerprint density at radius 2 is 1.90 bits per heavy atom. The first-order valence-electron chi connectivity index (χ1n) is 6.67. The first kappa shape index (κ1) is 14.2. The van der Waals surface area contributed by atoms with Crippen LogP contribution >= 0.6 is 23.2 Å². The van der Waals surface area contributed by atoms with Crippen molar-refractivity contribution in [3.8, 4) is 0 Å². The van der Waals surface area contributed by atoms with Gasteiger partial charge in [-0.05, 0) is 48.4 Å². The summed E-state index contributed by atoms with van der Waals surface area (Å²) in [6.45, 7) is 2.75. The third-order valence-electron chi connectivity index (χ3n) is 3.44. The summed E-state index contributed by atoms with van der Waals surface area (Å²) in [5, 5.41) is 5.71. The van der Waals surface area contributed by atoms with E-state index >= 15 is 0 Å². The largest absolute Gasteiger partial charge is 0.380 e. The summed E-state index contributed by atoms with van der Waals surface area (Å²) < 4.78 is 0. The lowest BCUT2D eigenvalue weighted by molar-refractivity contribution is 1.15. The molecule has 0 fully saturated rings. The highest BCUT2D eigenvalue weighted by molar-refractivity contribution is 6.42. The highest BCUT2D eigenvalue weighted by atomic mass is 35.5. The fourth-order valence-electron chi connectivity index (χ4n) is 2.31. The lowest BCUT2D eigenvalue weighted by atomic mass is 10.1. The number of halogens is 2. The second-order valence-electron chi connectivity index (χ2n) is 4.93.